The van der Waals surface area contributed by atoms with E-state index < -0.39 is 0 Å². The summed E-state index contributed by atoms with van der Waals surface area (Å²) in [6.07, 6.45) is 3.50. The van der Waals surface area contributed by atoms with Crippen molar-refractivity contribution in [3.8, 4) is 0 Å². The molecular formula is C9H19NO. The number of aliphatic hydroxyl groups excluding tert-OH is 1. The maximum Gasteiger partial charge on any atom is 0.105 e. The lowest BCUT2D eigenvalue weighted by atomic mass is 9.97. The highest BCUT2D eigenvalue weighted by atomic mass is 16.3. The van der Waals surface area contributed by atoms with Crippen LogP contribution in [-0.2, 0) is 0 Å². The first-order valence-corrected chi connectivity index (χ1v) is 4.58. The molecule has 0 spiro atoms. The van der Waals surface area contributed by atoms with E-state index >= 15 is 0 Å². The number of likely N-dealkylation sites (tertiary alicyclic amines) is 1. The van der Waals surface area contributed by atoms with Gasteiger partial charge in [0.25, 0.3) is 0 Å². The zero-order chi connectivity index (χ0) is 8.43. The molecule has 3 atom stereocenters. The molecule has 0 radical (unpaired) electrons. The minimum atomic E-state index is -0.278. The summed E-state index contributed by atoms with van der Waals surface area (Å²) in [4.78, 5) is 2.20. The maximum absolute atomic E-state index is 9.44. The summed E-state index contributed by atoms with van der Waals surface area (Å²) < 4.78 is 0. The molecule has 1 N–H and O–H groups in total. The average molecular weight is 157 g/mol. The van der Waals surface area contributed by atoms with E-state index in [1.54, 1.807) is 0 Å². The molecular weight excluding hydrogens is 138 g/mol. The number of rotatable bonds is 1. The lowest BCUT2D eigenvalue weighted by molar-refractivity contribution is -0.0516. The summed E-state index contributed by atoms with van der Waals surface area (Å²) >= 11 is 0. The van der Waals surface area contributed by atoms with Gasteiger partial charge in [-0.25, -0.2) is 0 Å². The van der Waals surface area contributed by atoms with Crippen LogP contribution in [0, 0.1) is 0 Å². The number of nitrogens with zero attached hydrogens (tertiary/aromatic N) is 1. The van der Waals surface area contributed by atoms with Gasteiger partial charge in [-0.1, -0.05) is 6.42 Å². The van der Waals surface area contributed by atoms with E-state index in [1.165, 1.54) is 19.3 Å². The molecule has 0 aromatic heterocycles. The monoisotopic (exact) mass is 157 g/mol. The topological polar surface area (TPSA) is 23.5 Å². The highest BCUT2D eigenvalue weighted by Crippen LogP contribution is 2.23. The van der Waals surface area contributed by atoms with E-state index in [0.717, 1.165) is 0 Å². The second-order valence-electron chi connectivity index (χ2n) is 3.71. The number of hydrogen-bond donors (Lipinski definition) is 1. The van der Waals surface area contributed by atoms with Crippen LogP contribution in [0.5, 0.6) is 0 Å². The van der Waals surface area contributed by atoms with Crippen LogP contribution in [0.2, 0.25) is 0 Å². The fourth-order valence-electron chi connectivity index (χ4n) is 2.18. The highest BCUT2D eigenvalue weighted by molar-refractivity contribution is 4.79. The van der Waals surface area contributed by atoms with E-state index in [-0.39, 0.29) is 6.23 Å². The van der Waals surface area contributed by atoms with Crippen LogP contribution < -0.4 is 0 Å². The lowest BCUT2D eigenvalue weighted by Gasteiger charge is -2.40. The van der Waals surface area contributed by atoms with Gasteiger partial charge in [-0.2, -0.15) is 0 Å². The SMILES string of the molecule is CC(O)N1C(C)CCCC1C. The Labute approximate surface area is 69.2 Å². The average Bonchev–Trinajstić information content (AvgIpc) is 1.85. The Kier molecular flexibility index (Phi) is 2.90. The number of aliphatic hydroxyl groups is 1. The molecule has 1 fully saturated rings. The summed E-state index contributed by atoms with van der Waals surface area (Å²) in [5, 5.41) is 9.44. The Morgan fingerprint density at radius 2 is 1.73 bits per heavy atom. The summed E-state index contributed by atoms with van der Waals surface area (Å²) in [6.45, 7) is 6.25. The van der Waals surface area contributed by atoms with Gasteiger partial charge in [0.2, 0.25) is 0 Å². The molecule has 1 aliphatic rings. The smallest absolute Gasteiger partial charge is 0.105 e. The molecule has 1 rings (SSSR count). The molecule has 0 aromatic rings. The molecule has 11 heavy (non-hydrogen) atoms. The Balaban J connectivity index is 2.55. The Hall–Kier alpha value is -0.0800. The predicted octanol–water partition coefficient (Wildman–Crippen LogP) is 1.59. The van der Waals surface area contributed by atoms with Gasteiger partial charge >= 0.3 is 0 Å². The first-order chi connectivity index (χ1) is 5.13. The van der Waals surface area contributed by atoms with Crippen molar-refractivity contribution in [3.05, 3.63) is 0 Å². The second-order valence-corrected chi connectivity index (χ2v) is 3.71. The standard InChI is InChI=1S/C9H19NO/c1-7-5-4-6-8(2)10(7)9(3)11/h7-9,11H,4-6H2,1-3H3. The molecule has 66 valence electrons. The van der Waals surface area contributed by atoms with E-state index in [9.17, 15) is 5.11 Å². The van der Waals surface area contributed by atoms with E-state index in [4.69, 9.17) is 0 Å². The molecule has 0 saturated carbocycles. The minimum Gasteiger partial charge on any atom is -0.379 e. The summed E-state index contributed by atoms with van der Waals surface area (Å²) in [7, 11) is 0. The van der Waals surface area contributed by atoms with Gasteiger partial charge in [0.15, 0.2) is 0 Å². The fraction of sp³-hybridized carbons (Fsp3) is 1.00. The van der Waals surface area contributed by atoms with Crippen molar-refractivity contribution in [2.45, 2.75) is 58.3 Å². The van der Waals surface area contributed by atoms with Crippen LogP contribution in [0.1, 0.15) is 40.0 Å². The highest BCUT2D eigenvalue weighted by Gasteiger charge is 2.27. The van der Waals surface area contributed by atoms with Crippen molar-refractivity contribution in [3.63, 3.8) is 0 Å². The molecule has 2 heteroatoms. The van der Waals surface area contributed by atoms with Gasteiger partial charge in [-0.05, 0) is 33.6 Å². The van der Waals surface area contributed by atoms with Gasteiger partial charge in [-0.15, -0.1) is 0 Å². The molecule has 3 unspecified atom stereocenters. The van der Waals surface area contributed by atoms with Crippen molar-refractivity contribution in [1.82, 2.24) is 4.90 Å². The fourth-order valence-corrected chi connectivity index (χ4v) is 2.18. The summed E-state index contributed by atoms with van der Waals surface area (Å²) in [6, 6.07) is 1.11. The summed E-state index contributed by atoms with van der Waals surface area (Å²) in [5.41, 5.74) is 0. The maximum atomic E-state index is 9.44. The van der Waals surface area contributed by atoms with Crippen LogP contribution in [0.25, 0.3) is 0 Å². The van der Waals surface area contributed by atoms with Gasteiger partial charge in [0.1, 0.15) is 6.23 Å². The number of hydrogen-bond acceptors (Lipinski definition) is 2. The van der Waals surface area contributed by atoms with Crippen LogP contribution in [0.15, 0.2) is 0 Å². The van der Waals surface area contributed by atoms with Crippen LogP contribution in [0.3, 0.4) is 0 Å². The van der Waals surface area contributed by atoms with Crippen molar-refractivity contribution in [2.75, 3.05) is 0 Å². The van der Waals surface area contributed by atoms with Gasteiger partial charge in [0, 0.05) is 12.1 Å². The molecule has 0 aromatic carbocycles. The lowest BCUT2D eigenvalue weighted by Crippen LogP contribution is -2.48. The van der Waals surface area contributed by atoms with Gasteiger partial charge in [0.05, 0.1) is 0 Å². The van der Waals surface area contributed by atoms with Crippen LogP contribution in [0.4, 0.5) is 0 Å². The van der Waals surface area contributed by atoms with E-state index in [0.29, 0.717) is 12.1 Å². The predicted molar refractivity (Wildman–Crippen MR) is 46.3 cm³/mol. The van der Waals surface area contributed by atoms with Crippen LogP contribution >= 0.6 is 0 Å². The molecule has 1 heterocycles. The third kappa shape index (κ3) is 1.94. The zero-order valence-electron chi connectivity index (χ0n) is 7.75. The first kappa shape index (κ1) is 9.01. The Morgan fingerprint density at radius 1 is 1.27 bits per heavy atom. The third-order valence-electron chi connectivity index (χ3n) is 2.69. The first-order valence-electron chi connectivity index (χ1n) is 4.58. The third-order valence-corrected chi connectivity index (χ3v) is 2.69. The van der Waals surface area contributed by atoms with Gasteiger partial charge in [-0.3, -0.25) is 4.90 Å². The minimum absolute atomic E-state index is 0.278. The van der Waals surface area contributed by atoms with E-state index in [2.05, 4.69) is 18.7 Å². The summed E-state index contributed by atoms with van der Waals surface area (Å²) in [5.74, 6) is 0. The molecule has 1 aliphatic heterocycles. The Bertz CT molecular complexity index is 115. The van der Waals surface area contributed by atoms with Crippen molar-refractivity contribution in [1.29, 1.82) is 0 Å². The normalized spacial score (nSPS) is 37.1. The molecule has 1 saturated heterocycles. The van der Waals surface area contributed by atoms with Crippen molar-refractivity contribution < 1.29 is 5.11 Å². The van der Waals surface area contributed by atoms with Crippen molar-refractivity contribution in [2.24, 2.45) is 0 Å². The second kappa shape index (κ2) is 3.55. The zero-order valence-corrected chi connectivity index (χ0v) is 7.75. The quantitative estimate of drug-likeness (QED) is 0.624. The van der Waals surface area contributed by atoms with Gasteiger partial charge < -0.3 is 5.11 Å². The molecule has 2 nitrogen and oxygen atoms in total. The molecule has 0 aliphatic carbocycles. The Morgan fingerprint density at radius 3 is 2.00 bits per heavy atom. The molecule has 0 bridgehead atoms. The van der Waals surface area contributed by atoms with Crippen molar-refractivity contribution >= 4 is 0 Å². The largest absolute Gasteiger partial charge is 0.379 e. The number of piperidine rings is 1. The molecule has 0 amide bonds. The van der Waals surface area contributed by atoms with Crippen LogP contribution in [-0.4, -0.2) is 28.3 Å². The van der Waals surface area contributed by atoms with E-state index in [1.807, 2.05) is 6.92 Å².